The molecule has 0 aliphatic carbocycles. The summed E-state index contributed by atoms with van der Waals surface area (Å²) in [5, 5.41) is 19.8. The van der Waals surface area contributed by atoms with E-state index in [1.807, 2.05) is 37.3 Å². The average molecular weight is 261 g/mol. The van der Waals surface area contributed by atoms with E-state index in [1.54, 1.807) is 0 Å². The van der Waals surface area contributed by atoms with Gasteiger partial charge in [-0.1, -0.05) is 43.7 Å². The third-order valence-electron chi connectivity index (χ3n) is 3.39. The SMILES string of the molecule is CCCC1=CC(=O)N([C@H](CO)c2ccccc2)C1O. The van der Waals surface area contributed by atoms with Crippen LogP contribution in [0, 0.1) is 0 Å². The van der Waals surface area contributed by atoms with Gasteiger partial charge in [0.1, 0.15) is 0 Å². The van der Waals surface area contributed by atoms with E-state index in [2.05, 4.69) is 0 Å². The van der Waals surface area contributed by atoms with Crippen molar-refractivity contribution in [3.05, 3.63) is 47.5 Å². The number of carbonyl (C=O) groups is 1. The molecule has 2 atom stereocenters. The van der Waals surface area contributed by atoms with Gasteiger partial charge in [-0.15, -0.1) is 0 Å². The third-order valence-corrected chi connectivity index (χ3v) is 3.39. The molecule has 0 aromatic heterocycles. The molecule has 0 bridgehead atoms. The molecule has 1 unspecified atom stereocenters. The molecule has 1 heterocycles. The fourth-order valence-corrected chi connectivity index (χ4v) is 2.45. The van der Waals surface area contributed by atoms with Crippen molar-refractivity contribution in [2.24, 2.45) is 0 Å². The standard InChI is InChI=1S/C15H19NO3/c1-2-6-12-9-14(18)16(15(12)19)13(10-17)11-7-4-3-5-8-11/h3-5,7-9,13,15,17,19H,2,6,10H2,1H3/t13-,15?/m1/s1. The van der Waals surface area contributed by atoms with E-state index in [9.17, 15) is 15.0 Å². The quantitative estimate of drug-likeness (QED) is 0.846. The first-order valence-electron chi connectivity index (χ1n) is 6.55. The zero-order chi connectivity index (χ0) is 13.8. The third kappa shape index (κ3) is 2.69. The average Bonchev–Trinajstić information content (AvgIpc) is 2.69. The van der Waals surface area contributed by atoms with Gasteiger partial charge in [0.15, 0.2) is 6.23 Å². The largest absolute Gasteiger partial charge is 0.394 e. The Labute approximate surface area is 113 Å². The highest BCUT2D eigenvalue weighted by Crippen LogP contribution is 2.30. The summed E-state index contributed by atoms with van der Waals surface area (Å²) >= 11 is 0. The lowest BCUT2D eigenvalue weighted by atomic mass is 10.1. The van der Waals surface area contributed by atoms with Crippen molar-refractivity contribution in [3.8, 4) is 0 Å². The Morgan fingerprint density at radius 1 is 1.32 bits per heavy atom. The summed E-state index contributed by atoms with van der Waals surface area (Å²) in [6.07, 6.45) is 2.12. The smallest absolute Gasteiger partial charge is 0.249 e. The highest BCUT2D eigenvalue weighted by atomic mass is 16.3. The summed E-state index contributed by atoms with van der Waals surface area (Å²) in [6.45, 7) is 1.79. The molecule has 102 valence electrons. The molecule has 1 aliphatic heterocycles. The molecule has 0 saturated heterocycles. The molecule has 0 saturated carbocycles. The fraction of sp³-hybridized carbons (Fsp3) is 0.400. The van der Waals surface area contributed by atoms with Crippen LogP contribution < -0.4 is 0 Å². The maximum absolute atomic E-state index is 12.0. The molecule has 19 heavy (non-hydrogen) atoms. The molecular weight excluding hydrogens is 242 g/mol. The molecule has 0 spiro atoms. The molecule has 2 N–H and O–H groups in total. The van der Waals surface area contributed by atoms with Gasteiger partial charge in [0.2, 0.25) is 5.91 Å². The molecule has 1 aromatic carbocycles. The van der Waals surface area contributed by atoms with Crippen LogP contribution in [-0.2, 0) is 4.79 Å². The van der Waals surface area contributed by atoms with Gasteiger partial charge in [-0.25, -0.2) is 0 Å². The Balaban J connectivity index is 2.24. The highest BCUT2D eigenvalue weighted by Gasteiger charge is 2.36. The van der Waals surface area contributed by atoms with Gasteiger partial charge < -0.3 is 15.1 Å². The zero-order valence-electron chi connectivity index (χ0n) is 11.0. The molecule has 2 rings (SSSR count). The van der Waals surface area contributed by atoms with Crippen molar-refractivity contribution in [1.29, 1.82) is 0 Å². The number of benzene rings is 1. The topological polar surface area (TPSA) is 60.8 Å². The molecule has 4 nitrogen and oxygen atoms in total. The van der Waals surface area contributed by atoms with Gasteiger partial charge >= 0.3 is 0 Å². The first kappa shape index (κ1) is 13.8. The molecule has 0 fully saturated rings. The van der Waals surface area contributed by atoms with E-state index < -0.39 is 12.3 Å². The van der Waals surface area contributed by atoms with E-state index >= 15 is 0 Å². The number of aliphatic hydroxyl groups is 2. The Hall–Kier alpha value is -1.65. The number of hydrogen-bond donors (Lipinski definition) is 2. The summed E-state index contributed by atoms with van der Waals surface area (Å²) in [7, 11) is 0. The minimum atomic E-state index is -0.926. The maximum Gasteiger partial charge on any atom is 0.249 e. The Bertz CT molecular complexity index is 470. The van der Waals surface area contributed by atoms with Crippen LogP contribution in [0.1, 0.15) is 31.4 Å². The van der Waals surface area contributed by atoms with E-state index in [4.69, 9.17) is 0 Å². The highest BCUT2D eigenvalue weighted by molar-refractivity contribution is 5.92. The number of rotatable bonds is 5. The lowest BCUT2D eigenvalue weighted by Crippen LogP contribution is -2.40. The molecule has 1 aromatic rings. The van der Waals surface area contributed by atoms with Gasteiger partial charge in [0.05, 0.1) is 12.6 Å². The predicted molar refractivity (Wildman–Crippen MR) is 72.1 cm³/mol. The van der Waals surface area contributed by atoms with Gasteiger partial charge in [0, 0.05) is 6.08 Å². The van der Waals surface area contributed by atoms with Crippen LogP contribution in [0.25, 0.3) is 0 Å². The Kier molecular flexibility index (Phi) is 4.35. The molecule has 4 heteroatoms. The normalized spacial score (nSPS) is 20.6. The van der Waals surface area contributed by atoms with Crippen LogP contribution in [0.15, 0.2) is 42.0 Å². The summed E-state index contributed by atoms with van der Waals surface area (Å²) < 4.78 is 0. The van der Waals surface area contributed by atoms with E-state index in [-0.39, 0.29) is 12.5 Å². The monoisotopic (exact) mass is 261 g/mol. The second-order valence-electron chi connectivity index (χ2n) is 4.70. The molecule has 1 aliphatic rings. The zero-order valence-corrected chi connectivity index (χ0v) is 11.0. The summed E-state index contributed by atoms with van der Waals surface area (Å²) in [6, 6.07) is 8.77. The summed E-state index contributed by atoms with van der Waals surface area (Å²) in [5.74, 6) is -0.237. The Morgan fingerprint density at radius 3 is 2.58 bits per heavy atom. The van der Waals surface area contributed by atoms with Crippen LogP contribution in [0.5, 0.6) is 0 Å². The lowest BCUT2D eigenvalue weighted by molar-refractivity contribution is -0.136. The van der Waals surface area contributed by atoms with Crippen molar-refractivity contribution >= 4 is 5.91 Å². The first-order valence-corrected chi connectivity index (χ1v) is 6.55. The van der Waals surface area contributed by atoms with Gasteiger partial charge in [-0.05, 0) is 17.6 Å². The van der Waals surface area contributed by atoms with Crippen molar-refractivity contribution in [3.63, 3.8) is 0 Å². The predicted octanol–water partition coefficient (Wildman–Crippen LogP) is 1.61. The summed E-state index contributed by atoms with van der Waals surface area (Å²) in [4.78, 5) is 13.4. The minimum Gasteiger partial charge on any atom is -0.394 e. The van der Waals surface area contributed by atoms with E-state index in [0.717, 1.165) is 17.6 Å². The number of carbonyl (C=O) groups excluding carboxylic acids is 1. The van der Waals surface area contributed by atoms with Gasteiger partial charge in [-0.2, -0.15) is 0 Å². The fourth-order valence-electron chi connectivity index (χ4n) is 2.45. The maximum atomic E-state index is 12.0. The van der Waals surface area contributed by atoms with Crippen molar-refractivity contribution in [2.45, 2.75) is 32.0 Å². The van der Waals surface area contributed by atoms with E-state index in [1.165, 1.54) is 11.0 Å². The molecular formula is C15H19NO3. The van der Waals surface area contributed by atoms with Crippen molar-refractivity contribution < 1.29 is 15.0 Å². The number of amides is 1. The van der Waals surface area contributed by atoms with Crippen LogP contribution in [0.2, 0.25) is 0 Å². The van der Waals surface area contributed by atoms with Crippen LogP contribution >= 0.6 is 0 Å². The van der Waals surface area contributed by atoms with Crippen molar-refractivity contribution in [2.75, 3.05) is 6.61 Å². The van der Waals surface area contributed by atoms with Gasteiger partial charge in [-0.3, -0.25) is 4.79 Å². The van der Waals surface area contributed by atoms with Crippen LogP contribution in [-0.4, -0.2) is 33.9 Å². The lowest BCUT2D eigenvalue weighted by Gasteiger charge is -2.31. The van der Waals surface area contributed by atoms with Crippen molar-refractivity contribution in [1.82, 2.24) is 4.90 Å². The first-order chi connectivity index (χ1) is 9.19. The van der Waals surface area contributed by atoms with E-state index in [0.29, 0.717) is 6.42 Å². The second-order valence-corrected chi connectivity index (χ2v) is 4.70. The second kappa shape index (κ2) is 5.99. The molecule has 1 amide bonds. The number of aliphatic hydroxyl groups excluding tert-OH is 2. The molecule has 0 radical (unpaired) electrons. The Morgan fingerprint density at radius 2 is 2.00 bits per heavy atom. The number of nitrogens with zero attached hydrogens (tertiary/aromatic N) is 1. The van der Waals surface area contributed by atoms with Crippen LogP contribution in [0.3, 0.4) is 0 Å². The summed E-state index contributed by atoms with van der Waals surface area (Å²) in [5.41, 5.74) is 1.55. The van der Waals surface area contributed by atoms with Crippen LogP contribution in [0.4, 0.5) is 0 Å². The van der Waals surface area contributed by atoms with Gasteiger partial charge in [0.25, 0.3) is 0 Å². The number of hydrogen-bond acceptors (Lipinski definition) is 3. The minimum absolute atomic E-state index is 0.208.